The van der Waals surface area contributed by atoms with Gasteiger partial charge in [-0.1, -0.05) is 6.92 Å². The van der Waals surface area contributed by atoms with Gasteiger partial charge in [-0.3, -0.25) is 10.1 Å². The molecule has 1 heterocycles. The molecule has 0 aromatic rings. The molecule has 0 bridgehead atoms. The second kappa shape index (κ2) is 3.22. The maximum Gasteiger partial charge on any atom is 0.240 e. The second-order valence-electron chi connectivity index (χ2n) is 2.93. The van der Waals surface area contributed by atoms with Gasteiger partial charge in [0.05, 0.1) is 12.2 Å². The molecule has 1 aliphatic heterocycles. The molecule has 64 valence electrons. The highest BCUT2D eigenvalue weighted by molar-refractivity contribution is 5.84. The molecule has 1 rings (SSSR count). The molecule has 0 aromatic heterocycles. The predicted molar refractivity (Wildman–Crippen MR) is 44.1 cm³/mol. The molecule has 0 spiro atoms. The monoisotopic (exact) mass is 156 g/mol. The molecule has 2 unspecified atom stereocenters. The van der Waals surface area contributed by atoms with Crippen LogP contribution in [0.4, 0.5) is 0 Å². The second-order valence-corrected chi connectivity index (χ2v) is 2.93. The first kappa shape index (κ1) is 8.53. The highest BCUT2D eigenvalue weighted by Gasteiger charge is 2.33. The van der Waals surface area contributed by atoms with E-state index in [-0.39, 0.29) is 18.1 Å². The summed E-state index contributed by atoms with van der Waals surface area (Å²) in [6.07, 6.45) is 1.11. The van der Waals surface area contributed by atoms with E-state index in [4.69, 9.17) is 0 Å². The fourth-order valence-corrected chi connectivity index (χ4v) is 1.57. The number of hydrogen-bond donors (Lipinski definition) is 1. The average Bonchev–Trinajstić information content (AvgIpc) is 2.26. The number of amides is 1. The number of nitrogens with zero attached hydrogens (tertiary/aromatic N) is 1. The van der Waals surface area contributed by atoms with E-state index in [2.05, 4.69) is 5.32 Å². The minimum absolute atomic E-state index is 0.0601. The Labute approximate surface area is 67.8 Å². The molecule has 0 saturated carbocycles. The van der Waals surface area contributed by atoms with Crippen LogP contribution in [-0.4, -0.2) is 29.6 Å². The van der Waals surface area contributed by atoms with Gasteiger partial charge in [-0.2, -0.15) is 0 Å². The van der Waals surface area contributed by atoms with Crippen molar-refractivity contribution in [2.24, 2.45) is 0 Å². The van der Waals surface area contributed by atoms with E-state index in [0.29, 0.717) is 0 Å². The van der Waals surface area contributed by atoms with Crippen molar-refractivity contribution in [2.75, 3.05) is 6.54 Å². The highest BCUT2D eigenvalue weighted by atomic mass is 16.2. The zero-order valence-corrected chi connectivity index (χ0v) is 7.42. The van der Waals surface area contributed by atoms with Gasteiger partial charge >= 0.3 is 0 Å². The third kappa shape index (κ3) is 1.38. The van der Waals surface area contributed by atoms with Crippen molar-refractivity contribution < 1.29 is 4.79 Å². The summed E-state index contributed by atoms with van der Waals surface area (Å²) in [7, 11) is 0. The van der Waals surface area contributed by atoms with E-state index < -0.39 is 0 Å². The number of hydrogen-bond acceptors (Lipinski definition) is 2. The van der Waals surface area contributed by atoms with E-state index in [1.807, 2.05) is 25.7 Å². The topological polar surface area (TPSA) is 32.3 Å². The van der Waals surface area contributed by atoms with E-state index in [1.54, 1.807) is 0 Å². The fraction of sp³-hybridized carbons (Fsp3) is 0.875. The third-order valence-corrected chi connectivity index (χ3v) is 2.24. The average molecular weight is 156 g/mol. The Hall–Kier alpha value is -0.570. The lowest BCUT2D eigenvalue weighted by Crippen LogP contribution is -2.34. The summed E-state index contributed by atoms with van der Waals surface area (Å²) in [6.45, 7) is 6.87. The van der Waals surface area contributed by atoms with Crippen molar-refractivity contribution in [1.29, 1.82) is 0 Å². The van der Waals surface area contributed by atoms with Gasteiger partial charge in [-0.25, -0.2) is 0 Å². The van der Waals surface area contributed by atoms with Gasteiger partial charge in [-0.05, 0) is 20.3 Å². The molecular weight excluding hydrogens is 140 g/mol. The van der Waals surface area contributed by atoms with Crippen molar-refractivity contribution in [3.8, 4) is 0 Å². The minimum Gasteiger partial charge on any atom is -0.326 e. The zero-order chi connectivity index (χ0) is 8.43. The van der Waals surface area contributed by atoms with Crippen LogP contribution in [-0.2, 0) is 4.79 Å². The number of carbonyl (C=O) groups is 1. The largest absolute Gasteiger partial charge is 0.326 e. The van der Waals surface area contributed by atoms with E-state index >= 15 is 0 Å². The number of carbonyl (C=O) groups excluding carboxylic acids is 1. The van der Waals surface area contributed by atoms with Crippen LogP contribution in [0.3, 0.4) is 0 Å². The first-order valence-corrected chi connectivity index (χ1v) is 4.27. The van der Waals surface area contributed by atoms with E-state index in [0.717, 1.165) is 13.0 Å². The zero-order valence-electron chi connectivity index (χ0n) is 7.42. The third-order valence-electron chi connectivity index (χ3n) is 2.24. The Morgan fingerprint density at radius 3 is 2.45 bits per heavy atom. The maximum atomic E-state index is 11.4. The number of rotatable bonds is 2. The SMILES string of the molecule is CCC1NC(C)N(CC)C1=O. The standard InChI is InChI=1S/C8H16N2O/c1-4-7-8(11)10(5-2)6(3)9-7/h6-7,9H,4-5H2,1-3H3. The van der Waals surface area contributed by atoms with Gasteiger partial charge in [-0.15, -0.1) is 0 Å². The lowest BCUT2D eigenvalue weighted by Gasteiger charge is -2.17. The summed E-state index contributed by atoms with van der Waals surface area (Å²) in [5, 5.41) is 3.23. The van der Waals surface area contributed by atoms with Crippen molar-refractivity contribution in [3.63, 3.8) is 0 Å². The molecule has 1 amide bonds. The Kier molecular flexibility index (Phi) is 2.49. The Balaban J connectivity index is 2.63. The molecule has 11 heavy (non-hydrogen) atoms. The molecule has 3 heteroatoms. The summed E-state index contributed by atoms with van der Waals surface area (Å²) >= 11 is 0. The number of likely N-dealkylation sites (N-methyl/N-ethyl adjacent to an activating group) is 1. The first-order chi connectivity index (χ1) is 5.20. The van der Waals surface area contributed by atoms with Crippen molar-refractivity contribution in [3.05, 3.63) is 0 Å². The molecule has 0 radical (unpaired) electrons. The van der Waals surface area contributed by atoms with Crippen LogP contribution in [0.1, 0.15) is 27.2 Å². The molecule has 1 saturated heterocycles. The summed E-state index contributed by atoms with van der Waals surface area (Å²) in [4.78, 5) is 13.3. The summed E-state index contributed by atoms with van der Waals surface area (Å²) in [6, 6.07) is 0.0601. The first-order valence-electron chi connectivity index (χ1n) is 4.27. The highest BCUT2D eigenvalue weighted by Crippen LogP contribution is 2.11. The summed E-state index contributed by atoms with van der Waals surface area (Å²) < 4.78 is 0. The quantitative estimate of drug-likeness (QED) is 0.633. The van der Waals surface area contributed by atoms with E-state index in [9.17, 15) is 4.79 Å². The Morgan fingerprint density at radius 2 is 2.18 bits per heavy atom. The summed E-state index contributed by atoms with van der Waals surface area (Å²) in [5.41, 5.74) is 0. The van der Waals surface area contributed by atoms with Gasteiger partial charge < -0.3 is 4.90 Å². The van der Waals surface area contributed by atoms with Crippen molar-refractivity contribution >= 4 is 5.91 Å². The Bertz CT molecular complexity index is 158. The van der Waals surface area contributed by atoms with Crippen LogP contribution in [0.5, 0.6) is 0 Å². The molecule has 3 nitrogen and oxygen atoms in total. The molecule has 1 fully saturated rings. The van der Waals surface area contributed by atoms with Gasteiger partial charge in [0, 0.05) is 6.54 Å². The van der Waals surface area contributed by atoms with Crippen molar-refractivity contribution in [1.82, 2.24) is 10.2 Å². The van der Waals surface area contributed by atoms with Crippen LogP contribution in [0.15, 0.2) is 0 Å². The maximum absolute atomic E-state index is 11.4. The minimum atomic E-state index is 0.0601. The van der Waals surface area contributed by atoms with Gasteiger partial charge in [0.25, 0.3) is 0 Å². The predicted octanol–water partition coefficient (Wildman–Crippen LogP) is 0.563. The smallest absolute Gasteiger partial charge is 0.240 e. The molecule has 0 aliphatic carbocycles. The Morgan fingerprint density at radius 1 is 1.55 bits per heavy atom. The normalized spacial score (nSPS) is 31.5. The van der Waals surface area contributed by atoms with Gasteiger partial charge in [0.2, 0.25) is 5.91 Å². The van der Waals surface area contributed by atoms with Gasteiger partial charge in [0.1, 0.15) is 0 Å². The summed E-state index contributed by atoms with van der Waals surface area (Å²) in [5.74, 6) is 0.252. The molecule has 2 atom stereocenters. The van der Waals surface area contributed by atoms with Crippen LogP contribution in [0, 0.1) is 0 Å². The van der Waals surface area contributed by atoms with Crippen molar-refractivity contribution in [2.45, 2.75) is 39.4 Å². The van der Waals surface area contributed by atoms with Crippen LogP contribution < -0.4 is 5.32 Å². The van der Waals surface area contributed by atoms with Crippen LogP contribution in [0.25, 0.3) is 0 Å². The number of nitrogens with one attached hydrogen (secondary N) is 1. The van der Waals surface area contributed by atoms with Crippen LogP contribution >= 0.6 is 0 Å². The fourth-order valence-electron chi connectivity index (χ4n) is 1.57. The molecule has 1 N–H and O–H groups in total. The molecule has 1 aliphatic rings. The van der Waals surface area contributed by atoms with Crippen LogP contribution in [0.2, 0.25) is 0 Å². The van der Waals surface area contributed by atoms with Gasteiger partial charge in [0.15, 0.2) is 0 Å². The lowest BCUT2D eigenvalue weighted by atomic mass is 10.2. The lowest BCUT2D eigenvalue weighted by molar-refractivity contribution is -0.129. The van der Waals surface area contributed by atoms with E-state index in [1.165, 1.54) is 0 Å². The molecular formula is C8H16N2O. The molecule has 0 aromatic carbocycles.